The van der Waals surface area contributed by atoms with Crippen LogP contribution in [0.5, 0.6) is 5.75 Å². The third-order valence-electron chi connectivity index (χ3n) is 5.52. The number of ether oxygens (including phenoxy) is 1. The molecule has 37 heavy (non-hydrogen) atoms. The van der Waals surface area contributed by atoms with E-state index in [1.807, 2.05) is 37.3 Å². The summed E-state index contributed by atoms with van der Waals surface area (Å²) in [4.78, 5) is 32.5. The number of non-ortho nitro benzene ring substituents is 1. The highest BCUT2D eigenvalue weighted by molar-refractivity contribution is 5.76. The van der Waals surface area contributed by atoms with Gasteiger partial charge in [0.25, 0.3) is 5.69 Å². The number of rotatable bonds is 14. The van der Waals surface area contributed by atoms with E-state index in [1.54, 1.807) is 0 Å². The van der Waals surface area contributed by atoms with Crippen molar-refractivity contribution < 1.29 is 19.4 Å². The van der Waals surface area contributed by atoms with Gasteiger partial charge in [0.1, 0.15) is 6.61 Å². The molecular formula is C28H31N3O6. The predicted molar refractivity (Wildman–Crippen MR) is 141 cm³/mol. The number of hydrogen-bond donors (Lipinski definition) is 1. The Kier molecular flexibility index (Phi) is 12.7. The lowest BCUT2D eigenvalue weighted by molar-refractivity contribution is -0.394. The van der Waals surface area contributed by atoms with Crippen LogP contribution in [0.4, 0.5) is 11.4 Å². The Hall–Kier alpha value is -4.37. The Balaban J connectivity index is 1.52. The third-order valence-corrected chi connectivity index (χ3v) is 5.52. The summed E-state index contributed by atoms with van der Waals surface area (Å²) in [5.74, 6) is 11.0. The van der Waals surface area contributed by atoms with Gasteiger partial charge in [-0.15, -0.1) is 0 Å². The summed E-state index contributed by atoms with van der Waals surface area (Å²) in [5, 5.41) is 24.9. The summed E-state index contributed by atoms with van der Waals surface area (Å²) in [6.45, 7) is 1.88. The number of unbranched alkanes of at least 4 members (excludes halogenated alkanes) is 6. The summed E-state index contributed by atoms with van der Waals surface area (Å²) < 4.78 is 5.25. The van der Waals surface area contributed by atoms with E-state index in [9.17, 15) is 25.0 Å². The van der Waals surface area contributed by atoms with Crippen LogP contribution < -0.4 is 10.1 Å². The predicted octanol–water partition coefficient (Wildman–Crippen LogP) is 5.89. The van der Waals surface area contributed by atoms with Crippen molar-refractivity contribution in [3.63, 3.8) is 0 Å². The molecule has 0 fully saturated rings. The first-order valence-corrected chi connectivity index (χ1v) is 12.2. The number of nitrogens with one attached hydrogen (secondary N) is 1. The number of hydrogen-bond acceptors (Lipinski definition) is 6. The van der Waals surface area contributed by atoms with Crippen LogP contribution in [-0.2, 0) is 4.79 Å². The van der Waals surface area contributed by atoms with E-state index in [2.05, 4.69) is 29.0 Å². The van der Waals surface area contributed by atoms with E-state index in [0.717, 1.165) is 62.6 Å². The second kappa shape index (κ2) is 16.3. The first-order valence-electron chi connectivity index (χ1n) is 12.2. The maximum Gasteiger partial charge on any atom is 0.317 e. The molecular weight excluding hydrogens is 474 g/mol. The largest absolute Gasteiger partial charge is 0.474 e. The summed E-state index contributed by atoms with van der Waals surface area (Å²) in [5.41, 5.74) is 0.238. The van der Waals surface area contributed by atoms with Gasteiger partial charge in [-0.3, -0.25) is 25.0 Å². The number of benzene rings is 2. The summed E-state index contributed by atoms with van der Waals surface area (Å²) in [7, 11) is 0. The molecule has 0 heterocycles. The number of carbonyl (C=O) groups is 1. The molecule has 0 bridgehead atoms. The minimum atomic E-state index is -0.736. The lowest BCUT2D eigenvalue weighted by Crippen LogP contribution is -2.26. The highest BCUT2D eigenvalue weighted by Gasteiger charge is 2.20. The second-order valence-electron chi connectivity index (χ2n) is 8.38. The summed E-state index contributed by atoms with van der Waals surface area (Å²) in [6, 6.07) is 13.1. The Morgan fingerprint density at radius 2 is 1.59 bits per heavy atom. The van der Waals surface area contributed by atoms with Crippen molar-refractivity contribution in [2.45, 2.75) is 64.3 Å². The van der Waals surface area contributed by atoms with Crippen molar-refractivity contribution >= 4 is 17.3 Å². The van der Waals surface area contributed by atoms with Gasteiger partial charge < -0.3 is 10.1 Å². The van der Waals surface area contributed by atoms with Crippen LogP contribution >= 0.6 is 0 Å². The van der Waals surface area contributed by atoms with Gasteiger partial charge in [-0.05, 0) is 49.2 Å². The number of nitro groups is 2. The van der Waals surface area contributed by atoms with Gasteiger partial charge in [0, 0.05) is 18.9 Å². The maximum atomic E-state index is 12.1. The molecule has 0 radical (unpaired) electrons. The molecule has 194 valence electrons. The Bertz CT molecular complexity index is 1180. The molecule has 0 saturated carbocycles. The SMILES string of the molecule is CC(NC(=O)CCCCCCCCC#CC#CCOc1ccc([N+](=O)[O-])cc1[N+](=O)[O-])c1ccccc1. The molecule has 9 nitrogen and oxygen atoms in total. The van der Waals surface area contributed by atoms with Crippen molar-refractivity contribution in [1.29, 1.82) is 0 Å². The minimum Gasteiger partial charge on any atom is -0.474 e. The van der Waals surface area contributed by atoms with Crippen molar-refractivity contribution in [1.82, 2.24) is 5.32 Å². The number of amides is 1. The van der Waals surface area contributed by atoms with E-state index in [4.69, 9.17) is 4.74 Å². The van der Waals surface area contributed by atoms with Crippen LogP contribution in [0.3, 0.4) is 0 Å². The number of nitrogens with zero attached hydrogens (tertiary/aromatic N) is 2. The van der Waals surface area contributed by atoms with Crippen molar-refractivity contribution in [3.05, 3.63) is 74.3 Å². The standard InChI is InChI=1S/C28H31N3O6/c1-23(24-16-12-11-13-17-24)29-28(32)18-14-9-7-5-3-2-4-6-8-10-15-21-37-27-20-19-25(30(33)34)22-26(27)31(35)36/h11-13,16-17,19-20,22-23H,2-5,7,9,14,18,21H2,1H3,(H,29,32). The zero-order chi connectivity index (χ0) is 26.9. The lowest BCUT2D eigenvalue weighted by atomic mass is 10.1. The smallest absolute Gasteiger partial charge is 0.317 e. The fourth-order valence-corrected chi connectivity index (χ4v) is 3.53. The van der Waals surface area contributed by atoms with Crippen LogP contribution in [0, 0.1) is 43.9 Å². The summed E-state index contributed by atoms with van der Waals surface area (Å²) in [6.07, 6.45) is 7.39. The monoisotopic (exact) mass is 505 g/mol. The van der Waals surface area contributed by atoms with Gasteiger partial charge in [0.2, 0.25) is 5.91 Å². The van der Waals surface area contributed by atoms with Crippen LogP contribution in [0.25, 0.3) is 0 Å². The molecule has 0 aliphatic rings. The van der Waals surface area contributed by atoms with Crippen molar-refractivity contribution in [2.24, 2.45) is 0 Å². The fourth-order valence-electron chi connectivity index (χ4n) is 3.53. The quantitative estimate of drug-likeness (QED) is 0.148. The van der Waals surface area contributed by atoms with Crippen LogP contribution in [0.15, 0.2) is 48.5 Å². The second-order valence-corrected chi connectivity index (χ2v) is 8.38. The Morgan fingerprint density at radius 1 is 0.919 bits per heavy atom. The van der Waals surface area contributed by atoms with E-state index >= 15 is 0 Å². The number of nitro benzene ring substituents is 2. The highest BCUT2D eigenvalue weighted by atomic mass is 16.6. The summed E-state index contributed by atoms with van der Waals surface area (Å²) >= 11 is 0. The van der Waals surface area contributed by atoms with Gasteiger partial charge in [-0.1, -0.05) is 61.9 Å². The molecule has 1 unspecified atom stereocenters. The zero-order valence-electron chi connectivity index (χ0n) is 20.9. The van der Waals surface area contributed by atoms with Crippen LogP contribution in [0.1, 0.15) is 69.9 Å². The Morgan fingerprint density at radius 3 is 2.30 bits per heavy atom. The Labute approximate surface area is 216 Å². The van der Waals surface area contributed by atoms with Gasteiger partial charge in [-0.2, -0.15) is 0 Å². The molecule has 0 aromatic heterocycles. The highest BCUT2D eigenvalue weighted by Crippen LogP contribution is 2.30. The van der Waals surface area contributed by atoms with Gasteiger partial charge >= 0.3 is 5.69 Å². The molecule has 1 amide bonds. The topological polar surface area (TPSA) is 125 Å². The van der Waals surface area contributed by atoms with Gasteiger partial charge in [-0.25, -0.2) is 0 Å². The van der Waals surface area contributed by atoms with E-state index < -0.39 is 15.5 Å². The lowest BCUT2D eigenvalue weighted by Gasteiger charge is -2.14. The molecule has 1 atom stereocenters. The van der Waals surface area contributed by atoms with Crippen molar-refractivity contribution in [2.75, 3.05) is 6.61 Å². The first-order chi connectivity index (χ1) is 17.9. The molecule has 2 aromatic carbocycles. The molecule has 2 rings (SSSR count). The molecule has 0 saturated heterocycles. The minimum absolute atomic E-state index is 0.0171. The fraction of sp³-hybridized carbons (Fsp3) is 0.393. The van der Waals surface area contributed by atoms with E-state index in [-0.39, 0.29) is 30.0 Å². The molecule has 0 aliphatic carbocycles. The molecule has 0 spiro atoms. The maximum absolute atomic E-state index is 12.1. The molecule has 2 aromatic rings. The van der Waals surface area contributed by atoms with E-state index in [1.165, 1.54) is 6.07 Å². The average Bonchev–Trinajstić information content (AvgIpc) is 2.89. The zero-order valence-corrected chi connectivity index (χ0v) is 20.9. The number of carbonyl (C=O) groups excluding carboxylic acids is 1. The normalized spacial score (nSPS) is 10.7. The molecule has 0 aliphatic heterocycles. The van der Waals surface area contributed by atoms with Crippen LogP contribution in [-0.4, -0.2) is 22.4 Å². The third kappa shape index (κ3) is 11.3. The van der Waals surface area contributed by atoms with E-state index in [0.29, 0.717) is 6.42 Å². The average molecular weight is 506 g/mol. The van der Waals surface area contributed by atoms with Gasteiger partial charge in [0.05, 0.1) is 22.0 Å². The molecule has 9 heteroatoms. The van der Waals surface area contributed by atoms with Crippen molar-refractivity contribution in [3.8, 4) is 29.4 Å². The first kappa shape index (κ1) is 28.9. The van der Waals surface area contributed by atoms with Crippen LogP contribution in [0.2, 0.25) is 0 Å². The molecule has 1 N–H and O–H groups in total. The van der Waals surface area contributed by atoms with Gasteiger partial charge in [0.15, 0.2) is 5.75 Å².